The van der Waals surface area contributed by atoms with Crippen molar-refractivity contribution in [1.82, 2.24) is 5.32 Å². The van der Waals surface area contributed by atoms with E-state index < -0.39 is 0 Å². The van der Waals surface area contributed by atoms with E-state index in [1.807, 2.05) is 12.1 Å². The average Bonchev–Trinajstić information content (AvgIpc) is 2.66. The molecule has 0 spiro atoms. The van der Waals surface area contributed by atoms with Gasteiger partial charge in [0.05, 0.1) is 7.11 Å². The van der Waals surface area contributed by atoms with E-state index in [0.29, 0.717) is 11.8 Å². The zero-order chi connectivity index (χ0) is 10.8. The predicted molar refractivity (Wildman–Crippen MR) is 59.2 cm³/mol. The summed E-state index contributed by atoms with van der Waals surface area (Å²) in [5.41, 5.74) is 1.19. The first-order chi connectivity index (χ1) is 7.20. The molecule has 0 amide bonds. The Labute approximate surface area is 90.1 Å². The van der Waals surface area contributed by atoms with Crippen LogP contribution in [0.4, 0.5) is 0 Å². The Kier molecular flexibility index (Phi) is 2.82. The molecule has 1 aromatic carbocycles. The fraction of sp³-hybridized carbons (Fsp3) is 0.500. The zero-order valence-electron chi connectivity index (χ0n) is 9.16. The molecular weight excluding hydrogens is 190 g/mol. The van der Waals surface area contributed by atoms with E-state index in [4.69, 9.17) is 4.74 Å². The molecule has 2 N–H and O–H groups in total. The summed E-state index contributed by atoms with van der Waals surface area (Å²) in [4.78, 5) is 0. The molecule has 0 saturated carbocycles. The minimum atomic E-state index is 0.201. The number of phenolic OH excluding ortho intramolecular Hbond substituents is 1. The van der Waals surface area contributed by atoms with Crippen molar-refractivity contribution >= 4 is 0 Å². The van der Waals surface area contributed by atoms with Crippen molar-refractivity contribution in [3.63, 3.8) is 0 Å². The topological polar surface area (TPSA) is 41.5 Å². The molecule has 1 saturated heterocycles. The van der Waals surface area contributed by atoms with E-state index >= 15 is 0 Å². The van der Waals surface area contributed by atoms with Crippen LogP contribution in [0.5, 0.6) is 11.5 Å². The van der Waals surface area contributed by atoms with Crippen molar-refractivity contribution in [3.05, 3.63) is 23.8 Å². The minimum Gasteiger partial charge on any atom is -0.504 e. The van der Waals surface area contributed by atoms with Crippen LogP contribution in [0.1, 0.15) is 24.9 Å². The van der Waals surface area contributed by atoms with Crippen LogP contribution in [0.15, 0.2) is 18.2 Å². The fourth-order valence-corrected chi connectivity index (χ4v) is 2.08. The predicted octanol–water partition coefficient (Wildman–Crippen LogP) is 2.07. The maximum atomic E-state index is 9.48. The smallest absolute Gasteiger partial charge is 0.160 e. The maximum absolute atomic E-state index is 9.48. The van der Waals surface area contributed by atoms with Gasteiger partial charge in [0.1, 0.15) is 0 Å². The standard InChI is InChI=1S/C12H17NO2/c1-8-5-10(13-7-8)9-3-4-11(14)12(6-9)15-2/h3-4,6,8,10,13-14H,5,7H2,1-2H3/t8-,10-/m1/s1. The third-order valence-electron chi connectivity index (χ3n) is 2.96. The number of benzene rings is 1. The first-order valence-electron chi connectivity index (χ1n) is 5.31. The number of nitrogens with one attached hydrogen (secondary N) is 1. The van der Waals surface area contributed by atoms with Gasteiger partial charge in [-0.2, -0.15) is 0 Å². The Morgan fingerprint density at radius 1 is 1.47 bits per heavy atom. The SMILES string of the molecule is COc1cc([C@H]2C[C@@H](C)CN2)ccc1O. The molecule has 2 atom stereocenters. The summed E-state index contributed by atoms with van der Waals surface area (Å²) in [7, 11) is 1.57. The lowest BCUT2D eigenvalue weighted by atomic mass is 10.0. The molecule has 1 aliphatic rings. The molecule has 15 heavy (non-hydrogen) atoms. The van der Waals surface area contributed by atoms with E-state index in [2.05, 4.69) is 12.2 Å². The highest BCUT2D eigenvalue weighted by Crippen LogP contribution is 2.33. The molecule has 3 heteroatoms. The number of ether oxygens (including phenoxy) is 1. The van der Waals surface area contributed by atoms with Crippen molar-refractivity contribution < 1.29 is 9.84 Å². The molecule has 0 radical (unpaired) electrons. The summed E-state index contributed by atoms with van der Waals surface area (Å²) < 4.78 is 5.09. The quantitative estimate of drug-likeness (QED) is 0.780. The Morgan fingerprint density at radius 3 is 2.87 bits per heavy atom. The highest BCUT2D eigenvalue weighted by molar-refractivity contribution is 5.42. The van der Waals surface area contributed by atoms with E-state index in [1.54, 1.807) is 13.2 Å². The van der Waals surface area contributed by atoms with Crippen LogP contribution in [0.3, 0.4) is 0 Å². The van der Waals surface area contributed by atoms with Crippen molar-refractivity contribution in [3.8, 4) is 11.5 Å². The number of hydrogen-bond acceptors (Lipinski definition) is 3. The molecule has 0 unspecified atom stereocenters. The van der Waals surface area contributed by atoms with Crippen LogP contribution in [0, 0.1) is 5.92 Å². The minimum absolute atomic E-state index is 0.201. The molecular formula is C12H17NO2. The van der Waals surface area contributed by atoms with Crippen molar-refractivity contribution in [2.24, 2.45) is 5.92 Å². The molecule has 3 nitrogen and oxygen atoms in total. The molecule has 1 heterocycles. The maximum Gasteiger partial charge on any atom is 0.160 e. The lowest BCUT2D eigenvalue weighted by molar-refractivity contribution is 0.372. The number of rotatable bonds is 2. The summed E-state index contributed by atoms with van der Waals surface area (Å²) >= 11 is 0. The average molecular weight is 207 g/mol. The van der Waals surface area contributed by atoms with Crippen LogP contribution >= 0.6 is 0 Å². The summed E-state index contributed by atoms with van der Waals surface area (Å²) in [6.45, 7) is 3.30. The largest absolute Gasteiger partial charge is 0.504 e. The van der Waals surface area contributed by atoms with Gasteiger partial charge in [0.25, 0.3) is 0 Å². The van der Waals surface area contributed by atoms with E-state index in [9.17, 15) is 5.11 Å². The summed E-state index contributed by atoms with van der Waals surface area (Å²) in [5.74, 6) is 1.47. The van der Waals surface area contributed by atoms with Crippen molar-refractivity contribution in [1.29, 1.82) is 0 Å². The van der Waals surface area contributed by atoms with E-state index in [0.717, 1.165) is 18.9 Å². The first kappa shape index (κ1) is 10.3. The second-order valence-corrected chi connectivity index (χ2v) is 4.23. The van der Waals surface area contributed by atoms with Gasteiger partial charge >= 0.3 is 0 Å². The lowest BCUT2D eigenvalue weighted by Gasteiger charge is -2.12. The number of hydrogen-bond donors (Lipinski definition) is 2. The molecule has 0 aliphatic carbocycles. The lowest BCUT2D eigenvalue weighted by Crippen LogP contribution is -2.13. The highest BCUT2D eigenvalue weighted by Gasteiger charge is 2.22. The molecule has 2 rings (SSSR count). The second kappa shape index (κ2) is 4.11. The Hall–Kier alpha value is -1.22. The van der Waals surface area contributed by atoms with Gasteiger partial charge < -0.3 is 15.2 Å². The summed E-state index contributed by atoms with van der Waals surface area (Å²) in [6.07, 6.45) is 1.15. The van der Waals surface area contributed by atoms with Crippen molar-refractivity contribution in [2.75, 3.05) is 13.7 Å². The number of aromatic hydroxyl groups is 1. The third kappa shape index (κ3) is 2.07. The number of phenols is 1. The normalized spacial score (nSPS) is 25.5. The van der Waals surface area contributed by atoms with Crippen molar-refractivity contribution in [2.45, 2.75) is 19.4 Å². The van der Waals surface area contributed by atoms with Crippen LogP contribution in [0.25, 0.3) is 0 Å². The van der Waals surface area contributed by atoms with Gasteiger partial charge in [0, 0.05) is 6.04 Å². The van der Waals surface area contributed by atoms with Crippen LogP contribution in [-0.4, -0.2) is 18.8 Å². The summed E-state index contributed by atoms with van der Waals surface area (Å²) in [5, 5.41) is 12.9. The van der Waals surface area contributed by atoms with Crippen LogP contribution < -0.4 is 10.1 Å². The monoisotopic (exact) mass is 207 g/mol. The molecule has 1 aromatic rings. The van der Waals surface area contributed by atoms with E-state index in [-0.39, 0.29) is 5.75 Å². The zero-order valence-corrected chi connectivity index (χ0v) is 9.16. The van der Waals surface area contributed by atoms with Gasteiger partial charge in [0.2, 0.25) is 0 Å². The van der Waals surface area contributed by atoms with Gasteiger partial charge in [-0.25, -0.2) is 0 Å². The van der Waals surface area contributed by atoms with Gasteiger partial charge in [-0.05, 0) is 36.6 Å². The highest BCUT2D eigenvalue weighted by atomic mass is 16.5. The first-order valence-corrected chi connectivity index (χ1v) is 5.31. The fourth-order valence-electron chi connectivity index (χ4n) is 2.08. The third-order valence-corrected chi connectivity index (χ3v) is 2.96. The van der Waals surface area contributed by atoms with Gasteiger partial charge in [-0.3, -0.25) is 0 Å². The van der Waals surface area contributed by atoms with Gasteiger partial charge in [-0.1, -0.05) is 13.0 Å². The van der Waals surface area contributed by atoms with Gasteiger partial charge in [0.15, 0.2) is 11.5 Å². The Bertz CT molecular complexity index is 351. The van der Waals surface area contributed by atoms with Crippen LogP contribution in [0.2, 0.25) is 0 Å². The van der Waals surface area contributed by atoms with Crippen LogP contribution in [-0.2, 0) is 0 Å². The molecule has 1 aliphatic heterocycles. The Balaban J connectivity index is 2.21. The number of methoxy groups -OCH3 is 1. The second-order valence-electron chi connectivity index (χ2n) is 4.23. The molecule has 82 valence electrons. The molecule has 1 fully saturated rings. The van der Waals surface area contributed by atoms with E-state index in [1.165, 1.54) is 5.56 Å². The molecule has 0 aromatic heterocycles. The van der Waals surface area contributed by atoms with Gasteiger partial charge in [-0.15, -0.1) is 0 Å². The summed E-state index contributed by atoms with van der Waals surface area (Å²) in [6, 6.07) is 5.95. The molecule has 0 bridgehead atoms. The Morgan fingerprint density at radius 2 is 2.27 bits per heavy atom.